The molecule has 0 N–H and O–H groups in total. The minimum absolute atomic E-state index is 0.220. The number of pyridine rings is 1. The third-order valence-electron chi connectivity index (χ3n) is 3.51. The van der Waals surface area contributed by atoms with Gasteiger partial charge in [-0.25, -0.2) is 13.1 Å². The molecule has 106 valence electrons. The van der Waals surface area contributed by atoms with Crippen LogP contribution in [0.25, 0.3) is 0 Å². The molecule has 1 aliphatic rings. The number of hydrogen-bond donors (Lipinski definition) is 0. The minimum Gasteiger partial charge on any atom is -0.263 e. The summed E-state index contributed by atoms with van der Waals surface area (Å²) in [5.41, 5.74) is 0. The first-order valence-corrected chi connectivity index (χ1v) is 7.88. The van der Waals surface area contributed by atoms with Gasteiger partial charge in [0.1, 0.15) is 4.90 Å². The minimum atomic E-state index is -3.43. The average Bonchev–Trinajstić information content (AvgIpc) is 3.02. The number of piperidine rings is 1. The Morgan fingerprint density at radius 1 is 1.20 bits per heavy atom. The van der Waals surface area contributed by atoms with E-state index >= 15 is 0 Å². The van der Waals surface area contributed by atoms with Gasteiger partial charge >= 0.3 is 0 Å². The van der Waals surface area contributed by atoms with Crippen LogP contribution < -0.4 is 0 Å². The third-order valence-corrected chi connectivity index (χ3v) is 5.39. The van der Waals surface area contributed by atoms with Crippen molar-refractivity contribution >= 4 is 10.0 Å². The van der Waals surface area contributed by atoms with Crippen molar-refractivity contribution in [3.8, 4) is 0 Å². The van der Waals surface area contributed by atoms with E-state index in [0.717, 1.165) is 12.8 Å². The molecule has 0 saturated carbocycles. The van der Waals surface area contributed by atoms with Gasteiger partial charge in [-0.3, -0.25) is 4.98 Å². The molecule has 0 aromatic carbocycles. The zero-order chi connectivity index (χ0) is 14.0. The second-order valence-corrected chi connectivity index (χ2v) is 6.64. The Morgan fingerprint density at radius 2 is 2.00 bits per heavy atom. The first kappa shape index (κ1) is 13.2. The molecule has 1 fully saturated rings. The second kappa shape index (κ2) is 5.29. The van der Waals surface area contributed by atoms with Crippen molar-refractivity contribution in [3.05, 3.63) is 36.9 Å². The van der Waals surface area contributed by atoms with Crippen LogP contribution >= 0.6 is 0 Å². The highest BCUT2D eigenvalue weighted by Crippen LogP contribution is 2.25. The molecule has 0 bridgehead atoms. The third kappa shape index (κ3) is 2.44. The molecule has 0 unspecified atom stereocenters. The van der Waals surface area contributed by atoms with Crippen molar-refractivity contribution in [2.45, 2.75) is 23.8 Å². The van der Waals surface area contributed by atoms with Crippen molar-refractivity contribution in [2.24, 2.45) is 0 Å². The van der Waals surface area contributed by atoms with Crippen molar-refractivity contribution in [1.29, 1.82) is 0 Å². The summed E-state index contributed by atoms with van der Waals surface area (Å²) in [5.74, 6) is 0. The summed E-state index contributed by atoms with van der Waals surface area (Å²) in [5, 5.41) is 7.76. The lowest BCUT2D eigenvalue weighted by Gasteiger charge is -2.30. The predicted molar refractivity (Wildman–Crippen MR) is 71.3 cm³/mol. The zero-order valence-electron chi connectivity index (χ0n) is 10.8. The quantitative estimate of drug-likeness (QED) is 0.832. The van der Waals surface area contributed by atoms with E-state index in [1.165, 1.54) is 10.5 Å². The Hall–Kier alpha value is -1.80. The Bertz CT molecular complexity index is 648. The van der Waals surface area contributed by atoms with Gasteiger partial charge in [0.2, 0.25) is 10.0 Å². The number of sulfonamides is 1. The van der Waals surface area contributed by atoms with E-state index < -0.39 is 10.0 Å². The van der Waals surface area contributed by atoms with Crippen LogP contribution in [0.15, 0.2) is 41.8 Å². The number of rotatable bonds is 3. The topological polar surface area (TPSA) is 81.0 Å². The molecule has 0 atom stereocenters. The number of aromatic nitrogens is 4. The van der Waals surface area contributed by atoms with Crippen molar-refractivity contribution in [1.82, 2.24) is 24.3 Å². The van der Waals surface area contributed by atoms with E-state index in [9.17, 15) is 8.42 Å². The highest BCUT2D eigenvalue weighted by atomic mass is 32.2. The highest BCUT2D eigenvalue weighted by molar-refractivity contribution is 7.89. The van der Waals surface area contributed by atoms with Crippen LogP contribution in [0.2, 0.25) is 0 Å². The molecule has 2 aromatic heterocycles. The zero-order valence-corrected chi connectivity index (χ0v) is 11.6. The summed E-state index contributed by atoms with van der Waals surface area (Å²) >= 11 is 0. The Labute approximate surface area is 117 Å². The van der Waals surface area contributed by atoms with E-state index in [1.807, 2.05) is 6.20 Å². The Kier molecular flexibility index (Phi) is 3.49. The van der Waals surface area contributed by atoms with Crippen LogP contribution in [0.1, 0.15) is 18.9 Å². The van der Waals surface area contributed by atoms with Crippen LogP contribution in [-0.4, -0.2) is 45.8 Å². The molecular formula is C12H15N5O2S. The molecule has 0 spiro atoms. The monoisotopic (exact) mass is 293 g/mol. The lowest BCUT2D eigenvalue weighted by atomic mass is 10.1. The fourth-order valence-electron chi connectivity index (χ4n) is 2.41. The van der Waals surface area contributed by atoms with Gasteiger partial charge in [-0.1, -0.05) is 5.21 Å². The summed E-state index contributed by atoms with van der Waals surface area (Å²) in [4.78, 5) is 4.12. The smallest absolute Gasteiger partial charge is 0.244 e. The number of hydrogen-bond acceptors (Lipinski definition) is 5. The maximum atomic E-state index is 12.4. The van der Waals surface area contributed by atoms with Gasteiger partial charge in [0, 0.05) is 31.7 Å². The van der Waals surface area contributed by atoms with E-state index in [2.05, 4.69) is 15.3 Å². The van der Waals surface area contributed by atoms with Crippen LogP contribution in [0, 0.1) is 0 Å². The average molecular weight is 293 g/mol. The fourth-order valence-corrected chi connectivity index (χ4v) is 3.84. The Balaban J connectivity index is 1.72. The van der Waals surface area contributed by atoms with Gasteiger partial charge in [-0.15, -0.1) is 5.10 Å². The van der Waals surface area contributed by atoms with Crippen molar-refractivity contribution in [2.75, 3.05) is 13.1 Å². The molecule has 1 aliphatic heterocycles. The molecule has 2 aromatic rings. The van der Waals surface area contributed by atoms with Crippen LogP contribution in [0.5, 0.6) is 0 Å². The Morgan fingerprint density at radius 3 is 2.60 bits per heavy atom. The molecule has 3 heterocycles. The second-order valence-electron chi connectivity index (χ2n) is 4.71. The first-order chi connectivity index (χ1) is 9.68. The van der Waals surface area contributed by atoms with E-state index in [0.29, 0.717) is 13.1 Å². The van der Waals surface area contributed by atoms with Crippen LogP contribution in [0.4, 0.5) is 0 Å². The molecule has 3 rings (SSSR count). The molecule has 1 saturated heterocycles. The lowest BCUT2D eigenvalue weighted by Crippen LogP contribution is -2.39. The molecule has 20 heavy (non-hydrogen) atoms. The molecule has 7 nitrogen and oxygen atoms in total. The van der Waals surface area contributed by atoms with Crippen LogP contribution in [-0.2, 0) is 10.0 Å². The first-order valence-electron chi connectivity index (χ1n) is 6.44. The van der Waals surface area contributed by atoms with Gasteiger partial charge in [-0.2, -0.15) is 4.31 Å². The molecule has 0 amide bonds. The van der Waals surface area contributed by atoms with E-state index in [1.54, 1.807) is 29.2 Å². The highest BCUT2D eigenvalue weighted by Gasteiger charge is 2.30. The largest absolute Gasteiger partial charge is 0.263 e. The summed E-state index contributed by atoms with van der Waals surface area (Å²) < 4.78 is 28.2. The van der Waals surface area contributed by atoms with Crippen LogP contribution in [0.3, 0.4) is 0 Å². The van der Waals surface area contributed by atoms with Gasteiger partial charge in [0.05, 0.1) is 12.2 Å². The van der Waals surface area contributed by atoms with Gasteiger partial charge in [-0.05, 0) is 25.0 Å². The lowest BCUT2D eigenvalue weighted by molar-refractivity contribution is 0.258. The normalized spacial score (nSPS) is 18.2. The van der Waals surface area contributed by atoms with Gasteiger partial charge in [0.15, 0.2) is 0 Å². The maximum absolute atomic E-state index is 12.4. The number of nitrogens with zero attached hydrogens (tertiary/aromatic N) is 5. The summed E-state index contributed by atoms with van der Waals surface area (Å²) in [6, 6.07) is 3.43. The SMILES string of the molecule is O=S(=O)(c1cccnc1)N1CCC(n2ccnn2)CC1. The summed E-state index contributed by atoms with van der Waals surface area (Å²) in [6.07, 6.45) is 7.88. The maximum Gasteiger partial charge on any atom is 0.244 e. The molecule has 0 radical (unpaired) electrons. The predicted octanol–water partition coefficient (Wildman–Crippen LogP) is 0.699. The summed E-state index contributed by atoms with van der Waals surface area (Å²) in [7, 11) is -3.43. The fraction of sp³-hybridized carbons (Fsp3) is 0.417. The van der Waals surface area contributed by atoms with Crippen molar-refractivity contribution in [3.63, 3.8) is 0 Å². The van der Waals surface area contributed by atoms with Crippen molar-refractivity contribution < 1.29 is 8.42 Å². The molecular weight excluding hydrogens is 278 g/mol. The van der Waals surface area contributed by atoms with E-state index in [4.69, 9.17) is 0 Å². The summed E-state index contributed by atoms with van der Waals surface area (Å²) in [6.45, 7) is 0.976. The van der Waals surface area contributed by atoms with Gasteiger partial charge in [0.25, 0.3) is 0 Å². The standard InChI is InChI=1S/C12H15N5O2S/c18-20(19,12-2-1-5-13-10-12)16-7-3-11(4-8-16)17-9-6-14-15-17/h1-2,5-6,9-11H,3-4,7-8H2. The van der Waals surface area contributed by atoms with E-state index in [-0.39, 0.29) is 10.9 Å². The molecule has 0 aliphatic carbocycles. The van der Waals surface area contributed by atoms with Gasteiger partial charge < -0.3 is 0 Å². The molecule has 8 heteroatoms.